The Balaban J connectivity index is 3.02. The summed E-state index contributed by atoms with van der Waals surface area (Å²) in [6.45, 7) is 0. The molecule has 0 bridgehead atoms. The molecule has 0 amide bonds. The average molecular weight is 137 g/mol. The summed E-state index contributed by atoms with van der Waals surface area (Å²) >= 11 is -1.88. The van der Waals surface area contributed by atoms with E-state index in [0.717, 1.165) is 0 Å². The zero-order chi connectivity index (χ0) is 4.50. The van der Waals surface area contributed by atoms with Crippen LogP contribution in [0.25, 0.3) is 0 Å². The van der Waals surface area contributed by atoms with Crippen LogP contribution >= 0.6 is 0 Å². The van der Waals surface area contributed by atoms with Crippen molar-refractivity contribution in [2.45, 2.75) is 17.1 Å². The van der Waals surface area contributed by atoms with E-state index in [2.05, 4.69) is 0 Å². The van der Waals surface area contributed by atoms with E-state index in [0.29, 0.717) is 0 Å². The zero-order valence-electron chi connectivity index (χ0n) is 3.89. The van der Waals surface area contributed by atoms with E-state index in [-0.39, 0.29) is 0 Å². The van der Waals surface area contributed by atoms with Gasteiger partial charge in [-0.05, 0) is 0 Å². The molecule has 0 unspecified atom stereocenters. The van der Waals surface area contributed by atoms with E-state index < -0.39 is 13.9 Å². The SMILES string of the molecule is C[As+](C)(C)O. The normalized spacial score (nSPS) is 12.0. The minimum absolute atomic E-state index is 1.88. The van der Waals surface area contributed by atoms with Gasteiger partial charge < -0.3 is 0 Å². The van der Waals surface area contributed by atoms with Crippen LogP contribution < -0.4 is 0 Å². The summed E-state index contributed by atoms with van der Waals surface area (Å²) < 4.78 is 8.69. The quantitative estimate of drug-likeness (QED) is 0.490. The topological polar surface area (TPSA) is 20.2 Å². The second-order valence-electron chi connectivity index (χ2n) is 1.94. The second-order valence-corrected chi connectivity index (χ2v) is 10.1. The van der Waals surface area contributed by atoms with Crippen molar-refractivity contribution >= 4 is 13.9 Å². The van der Waals surface area contributed by atoms with Crippen molar-refractivity contribution in [3.8, 4) is 0 Å². The van der Waals surface area contributed by atoms with Gasteiger partial charge in [-0.25, -0.2) is 0 Å². The third-order valence-corrected chi connectivity index (χ3v) is 0. The molecule has 0 fully saturated rings. The molecule has 0 radical (unpaired) electrons. The standard InChI is InChI=1S/C3H10AsO/c1-4(2,3)5/h5H,1-3H3/q+1. The Morgan fingerprint density at radius 2 is 1.20 bits per heavy atom. The van der Waals surface area contributed by atoms with E-state index in [4.69, 9.17) is 4.10 Å². The first-order chi connectivity index (χ1) is 2.00. The molecule has 0 aliphatic carbocycles. The second kappa shape index (κ2) is 1.32. The van der Waals surface area contributed by atoms with Crippen LogP contribution in [0.5, 0.6) is 0 Å². The minimum atomic E-state index is -1.88. The van der Waals surface area contributed by atoms with E-state index in [9.17, 15) is 0 Å². The Labute approximate surface area is 35.8 Å². The molecule has 0 atom stereocenters. The van der Waals surface area contributed by atoms with Crippen LogP contribution in [-0.2, 0) is 0 Å². The Bertz CT molecular complexity index is 22.4. The van der Waals surface area contributed by atoms with Crippen LogP contribution in [0.3, 0.4) is 0 Å². The first kappa shape index (κ1) is 5.52. The van der Waals surface area contributed by atoms with E-state index in [1.54, 1.807) is 0 Å². The van der Waals surface area contributed by atoms with Gasteiger partial charge in [0.1, 0.15) is 0 Å². The van der Waals surface area contributed by atoms with Crippen LogP contribution in [0, 0.1) is 0 Å². The monoisotopic (exact) mass is 137 g/mol. The molecule has 0 saturated heterocycles. The summed E-state index contributed by atoms with van der Waals surface area (Å²) in [6, 6.07) is 0. The van der Waals surface area contributed by atoms with Crippen molar-refractivity contribution < 1.29 is 4.10 Å². The van der Waals surface area contributed by atoms with Crippen LogP contribution in [0.15, 0.2) is 0 Å². The Hall–Kier alpha value is 0.518. The molecule has 32 valence electrons. The van der Waals surface area contributed by atoms with Gasteiger partial charge in [0.05, 0.1) is 0 Å². The Morgan fingerprint density at radius 1 is 1.20 bits per heavy atom. The van der Waals surface area contributed by atoms with Gasteiger partial charge >= 0.3 is 35.1 Å². The van der Waals surface area contributed by atoms with Crippen molar-refractivity contribution in [2.75, 3.05) is 0 Å². The fourth-order valence-electron chi connectivity index (χ4n) is 0. The molecule has 1 nitrogen and oxygen atoms in total. The molecule has 0 aromatic rings. The summed E-state index contributed by atoms with van der Waals surface area (Å²) in [5.74, 6) is 0. The molecule has 0 rings (SSSR count). The maximum atomic E-state index is 8.69. The first-order valence-electron chi connectivity index (χ1n) is 1.54. The van der Waals surface area contributed by atoms with Gasteiger partial charge in [-0.1, -0.05) is 0 Å². The van der Waals surface area contributed by atoms with Gasteiger partial charge in [-0.2, -0.15) is 0 Å². The van der Waals surface area contributed by atoms with E-state index in [1.807, 2.05) is 17.1 Å². The van der Waals surface area contributed by atoms with Gasteiger partial charge in [0.25, 0.3) is 0 Å². The third-order valence-electron chi connectivity index (χ3n) is 0. The molecule has 0 aliphatic heterocycles. The molecule has 0 aromatic carbocycles. The van der Waals surface area contributed by atoms with Crippen LogP contribution in [0.4, 0.5) is 0 Å². The van der Waals surface area contributed by atoms with Gasteiger partial charge in [-0.3, -0.25) is 0 Å². The molecule has 5 heavy (non-hydrogen) atoms. The molecule has 0 aliphatic rings. The Morgan fingerprint density at radius 3 is 1.20 bits per heavy atom. The van der Waals surface area contributed by atoms with E-state index in [1.165, 1.54) is 0 Å². The molecule has 1 N–H and O–H groups in total. The molecule has 0 saturated carbocycles. The van der Waals surface area contributed by atoms with Crippen LogP contribution in [-0.4, -0.2) is 18.0 Å². The van der Waals surface area contributed by atoms with Gasteiger partial charge in [0.2, 0.25) is 0 Å². The van der Waals surface area contributed by atoms with Gasteiger partial charge in [-0.15, -0.1) is 0 Å². The fraction of sp³-hybridized carbons (Fsp3) is 1.00. The van der Waals surface area contributed by atoms with Crippen LogP contribution in [0.2, 0.25) is 17.1 Å². The molecule has 0 aromatic heterocycles. The van der Waals surface area contributed by atoms with Crippen LogP contribution in [0.1, 0.15) is 0 Å². The maximum absolute atomic E-state index is 8.69. The fourth-order valence-corrected chi connectivity index (χ4v) is 0. The molecule has 0 heterocycles. The molecule has 0 spiro atoms. The van der Waals surface area contributed by atoms with Crippen molar-refractivity contribution in [3.05, 3.63) is 0 Å². The Kier molecular flexibility index (Phi) is 1.45. The van der Waals surface area contributed by atoms with Gasteiger partial charge in [0, 0.05) is 0 Å². The predicted molar refractivity (Wildman–Crippen MR) is 25.6 cm³/mol. The van der Waals surface area contributed by atoms with Crippen molar-refractivity contribution in [1.82, 2.24) is 0 Å². The number of hydrogen-bond acceptors (Lipinski definition) is 1. The van der Waals surface area contributed by atoms with E-state index >= 15 is 0 Å². The van der Waals surface area contributed by atoms with Crippen molar-refractivity contribution in [3.63, 3.8) is 0 Å². The van der Waals surface area contributed by atoms with Crippen molar-refractivity contribution in [2.24, 2.45) is 0 Å². The predicted octanol–water partition coefficient (Wildman–Crippen LogP) is 0.814. The molecule has 2 heteroatoms. The third kappa shape index (κ3) is 107. The molecular formula is C3H10AsO+. The summed E-state index contributed by atoms with van der Waals surface area (Å²) in [5.41, 5.74) is 5.74. The summed E-state index contributed by atoms with van der Waals surface area (Å²) in [7, 11) is 0. The molecular weight excluding hydrogens is 127 g/mol. The van der Waals surface area contributed by atoms with Crippen molar-refractivity contribution in [1.29, 1.82) is 0 Å². The number of rotatable bonds is 0. The first-order valence-corrected chi connectivity index (χ1v) is 8.01. The summed E-state index contributed by atoms with van der Waals surface area (Å²) in [6.07, 6.45) is 0. The van der Waals surface area contributed by atoms with Gasteiger partial charge in [0.15, 0.2) is 0 Å². The summed E-state index contributed by atoms with van der Waals surface area (Å²) in [4.78, 5) is 0. The number of hydrogen-bond donors (Lipinski definition) is 1. The zero-order valence-corrected chi connectivity index (χ0v) is 5.77. The average Bonchev–Trinajstić information content (AvgIpc) is 0.722. The summed E-state index contributed by atoms with van der Waals surface area (Å²) in [5, 5.41) is 0.